The van der Waals surface area contributed by atoms with Crippen LogP contribution in [0.3, 0.4) is 0 Å². The molecule has 0 spiro atoms. The van der Waals surface area contributed by atoms with Crippen molar-refractivity contribution in [2.24, 2.45) is 5.73 Å². The summed E-state index contributed by atoms with van der Waals surface area (Å²) < 4.78 is 26.0. The normalized spacial score (nSPS) is 20.6. The predicted octanol–water partition coefficient (Wildman–Crippen LogP) is 1.63. The fourth-order valence-electron chi connectivity index (χ4n) is 2.12. The molecule has 1 amide bonds. The Bertz CT molecular complexity index is 618. The number of sulfonamides is 1. The average Bonchev–Trinajstić information content (AvgIpc) is 2.77. The Morgan fingerprint density at radius 1 is 1.37 bits per heavy atom. The van der Waals surface area contributed by atoms with Gasteiger partial charge in [0.1, 0.15) is 10.9 Å². The van der Waals surface area contributed by atoms with Gasteiger partial charge in [-0.2, -0.15) is 4.31 Å². The number of benzene rings is 1. The SMILES string of the molecule is NC(=O)[C@H]1CCCN1S(=O)(=O)c1ccc(Cl)cc1Cl. The summed E-state index contributed by atoms with van der Waals surface area (Å²) >= 11 is 11.7. The maximum atomic E-state index is 12.5. The summed E-state index contributed by atoms with van der Waals surface area (Å²) in [5, 5.41) is 0.374. The van der Waals surface area contributed by atoms with Crippen LogP contribution in [0, 0.1) is 0 Å². The first-order chi connectivity index (χ1) is 8.84. The van der Waals surface area contributed by atoms with Crippen LogP contribution in [-0.2, 0) is 14.8 Å². The molecule has 8 heteroatoms. The van der Waals surface area contributed by atoms with Crippen molar-refractivity contribution < 1.29 is 13.2 Å². The molecular weight excluding hydrogens is 311 g/mol. The number of primary amides is 1. The molecule has 5 nitrogen and oxygen atoms in total. The van der Waals surface area contributed by atoms with Crippen molar-refractivity contribution in [2.45, 2.75) is 23.8 Å². The molecule has 1 saturated heterocycles. The van der Waals surface area contributed by atoms with Gasteiger partial charge in [0, 0.05) is 11.6 Å². The molecular formula is C11H12Cl2N2O3S. The second-order valence-corrected chi connectivity index (χ2v) is 6.95. The Balaban J connectivity index is 2.45. The van der Waals surface area contributed by atoms with Gasteiger partial charge in [-0.3, -0.25) is 4.79 Å². The van der Waals surface area contributed by atoms with Gasteiger partial charge in [-0.25, -0.2) is 8.42 Å². The Morgan fingerprint density at radius 2 is 2.05 bits per heavy atom. The van der Waals surface area contributed by atoms with Gasteiger partial charge in [0.25, 0.3) is 0 Å². The quantitative estimate of drug-likeness (QED) is 0.918. The first kappa shape index (κ1) is 14.6. The van der Waals surface area contributed by atoms with E-state index < -0.39 is 22.0 Å². The van der Waals surface area contributed by atoms with Crippen LogP contribution in [-0.4, -0.2) is 31.2 Å². The molecule has 0 unspecified atom stereocenters. The summed E-state index contributed by atoms with van der Waals surface area (Å²) in [6.07, 6.45) is 1.03. The van der Waals surface area contributed by atoms with E-state index in [1.165, 1.54) is 18.2 Å². The van der Waals surface area contributed by atoms with E-state index in [0.717, 1.165) is 4.31 Å². The molecule has 1 aromatic rings. The van der Waals surface area contributed by atoms with Gasteiger partial charge < -0.3 is 5.73 Å². The third-order valence-corrected chi connectivity index (χ3v) is 5.64. The predicted molar refractivity (Wildman–Crippen MR) is 72.6 cm³/mol. The van der Waals surface area contributed by atoms with Gasteiger partial charge in [-0.1, -0.05) is 23.2 Å². The minimum absolute atomic E-state index is 0.0302. The van der Waals surface area contributed by atoms with Crippen molar-refractivity contribution in [3.05, 3.63) is 28.2 Å². The van der Waals surface area contributed by atoms with Gasteiger partial charge in [0.15, 0.2) is 0 Å². The molecule has 1 heterocycles. The standard InChI is InChI=1S/C11H12Cl2N2O3S/c12-7-3-4-10(8(13)6-7)19(17,18)15-5-1-2-9(15)11(14)16/h3-4,6,9H,1-2,5H2,(H2,14,16)/t9-/m1/s1. The highest BCUT2D eigenvalue weighted by atomic mass is 35.5. The number of rotatable bonds is 3. The van der Waals surface area contributed by atoms with Crippen LogP contribution < -0.4 is 5.73 Å². The van der Waals surface area contributed by atoms with E-state index in [0.29, 0.717) is 17.9 Å². The number of halogens is 2. The van der Waals surface area contributed by atoms with Crippen LogP contribution in [0.2, 0.25) is 10.0 Å². The number of hydrogen-bond acceptors (Lipinski definition) is 3. The first-order valence-electron chi connectivity index (χ1n) is 5.60. The maximum Gasteiger partial charge on any atom is 0.245 e. The highest BCUT2D eigenvalue weighted by Gasteiger charge is 2.39. The molecule has 0 aliphatic carbocycles. The van der Waals surface area contributed by atoms with Crippen LogP contribution in [0.1, 0.15) is 12.8 Å². The molecule has 1 atom stereocenters. The zero-order valence-electron chi connectivity index (χ0n) is 9.84. The summed E-state index contributed by atoms with van der Waals surface area (Å²) in [7, 11) is -3.84. The van der Waals surface area contributed by atoms with Crippen LogP contribution in [0.4, 0.5) is 0 Å². The molecule has 1 aliphatic heterocycles. The number of amides is 1. The van der Waals surface area contributed by atoms with Gasteiger partial charge in [0.2, 0.25) is 15.9 Å². The summed E-state index contributed by atoms with van der Waals surface area (Å²) in [6, 6.07) is 3.31. The highest BCUT2D eigenvalue weighted by molar-refractivity contribution is 7.89. The van der Waals surface area contributed by atoms with Crippen molar-refractivity contribution >= 4 is 39.1 Å². The molecule has 0 saturated carbocycles. The number of carbonyl (C=O) groups excluding carboxylic acids is 1. The lowest BCUT2D eigenvalue weighted by atomic mass is 10.2. The lowest BCUT2D eigenvalue weighted by Crippen LogP contribution is -2.43. The zero-order chi connectivity index (χ0) is 14.2. The van der Waals surface area contributed by atoms with E-state index >= 15 is 0 Å². The molecule has 0 bridgehead atoms. The van der Waals surface area contributed by atoms with Crippen molar-refractivity contribution in [3.8, 4) is 0 Å². The van der Waals surface area contributed by atoms with E-state index in [9.17, 15) is 13.2 Å². The molecule has 19 heavy (non-hydrogen) atoms. The summed E-state index contributed by atoms with van der Waals surface area (Å²) in [4.78, 5) is 11.2. The lowest BCUT2D eigenvalue weighted by molar-refractivity contribution is -0.121. The number of nitrogens with zero attached hydrogens (tertiary/aromatic N) is 1. The molecule has 104 valence electrons. The van der Waals surface area contributed by atoms with Crippen LogP contribution in [0.15, 0.2) is 23.1 Å². The van der Waals surface area contributed by atoms with E-state index in [4.69, 9.17) is 28.9 Å². The topological polar surface area (TPSA) is 80.5 Å². The molecule has 1 fully saturated rings. The lowest BCUT2D eigenvalue weighted by Gasteiger charge is -2.22. The van der Waals surface area contributed by atoms with Gasteiger partial charge >= 0.3 is 0 Å². The van der Waals surface area contributed by atoms with Gasteiger partial charge in [-0.15, -0.1) is 0 Å². The monoisotopic (exact) mass is 322 g/mol. The van der Waals surface area contributed by atoms with Crippen molar-refractivity contribution in [2.75, 3.05) is 6.54 Å². The molecule has 0 radical (unpaired) electrons. The van der Waals surface area contributed by atoms with Crippen LogP contribution in [0.5, 0.6) is 0 Å². The molecule has 2 N–H and O–H groups in total. The van der Waals surface area contributed by atoms with Gasteiger partial charge in [0.05, 0.1) is 5.02 Å². The van der Waals surface area contributed by atoms with E-state index in [2.05, 4.69) is 0 Å². The van der Waals surface area contributed by atoms with E-state index in [-0.39, 0.29) is 16.5 Å². The van der Waals surface area contributed by atoms with Crippen molar-refractivity contribution in [1.82, 2.24) is 4.31 Å². The fourth-order valence-corrected chi connectivity index (χ4v) is 4.54. The third-order valence-electron chi connectivity index (χ3n) is 3.01. The molecule has 1 aromatic carbocycles. The van der Waals surface area contributed by atoms with Crippen LogP contribution >= 0.6 is 23.2 Å². The average molecular weight is 323 g/mol. The van der Waals surface area contributed by atoms with Crippen molar-refractivity contribution in [3.63, 3.8) is 0 Å². The maximum absolute atomic E-state index is 12.5. The Morgan fingerprint density at radius 3 is 2.63 bits per heavy atom. The minimum Gasteiger partial charge on any atom is -0.368 e. The van der Waals surface area contributed by atoms with E-state index in [1.807, 2.05) is 0 Å². The molecule has 2 rings (SSSR count). The summed E-state index contributed by atoms with van der Waals surface area (Å²) in [5.74, 6) is -0.647. The smallest absolute Gasteiger partial charge is 0.245 e. The number of hydrogen-bond donors (Lipinski definition) is 1. The number of nitrogens with two attached hydrogens (primary N) is 1. The minimum atomic E-state index is -3.84. The largest absolute Gasteiger partial charge is 0.368 e. The first-order valence-corrected chi connectivity index (χ1v) is 7.80. The third kappa shape index (κ3) is 2.72. The summed E-state index contributed by atoms with van der Waals surface area (Å²) in [5.41, 5.74) is 5.23. The Labute approximate surface area is 121 Å². The Kier molecular flexibility index (Phi) is 4.06. The second kappa shape index (κ2) is 5.28. The molecule has 1 aliphatic rings. The highest BCUT2D eigenvalue weighted by Crippen LogP contribution is 2.31. The van der Waals surface area contributed by atoms with Crippen LogP contribution in [0.25, 0.3) is 0 Å². The summed E-state index contributed by atoms with van der Waals surface area (Å²) in [6.45, 7) is 0.259. The Hall–Kier alpha value is -0.820. The second-order valence-electron chi connectivity index (χ2n) is 4.25. The number of carbonyl (C=O) groups is 1. The molecule has 0 aromatic heterocycles. The zero-order valence-corrected chi connectivity index (χ0v) is 12.2. The van der Waals surface area contributed by atoms with E-state index in [1.54, 1.807) is 0 Å². The van der Waals surface area contributed by atoms with Crippen molar-refractivity contribution in [1.29, 1.82) is 0 Å². The fraction of sp³-hybridized carbons (Fsp3) is 0.364. The van der Waals surface area contributed by atoms with Gasteiger partial charge in [-0.05, 0) is 31.0 Å².